The molecule has 0 bridgehead atoms. The van der Waals surface area contributed by atoms with Crippen LogP contribution in [-0.2, 0) is 24.2 Å². The highest BCUT2D eigenvalue weighted by Crippen LogP contribution is 2.33. The van der Waals surface area contributed by atoms with E-state index in [0.717, 1.165) is 35.6 Å². The van der Waals surface area contributed by atoms with Gasteiger partial charge in [0, 0.05) is 5.56 Å². The Morgan fingerprint density at radius 1 is 1.06 bits per heavy atom. The molecule has 7 nitrogen and oxygen atoms in total. The first-order chi connectivity index (χ1) is 17.2. The largest absolute Gasteiger partial charge is 0.476 e. The van der Waals surface area contributed by atoms with Crippen molar-refractivity contribution in [1.82, 2.24) is 4.98 Å². The van der Waals surface area contributed by atoms with Gasteiger partial charge in [0.1, 0.15) is 5.75 Å². The SMILES string of the molecule is N#Cc1ccc(OC(C(=O)Nc2nc3cc(CO)c(CO)cc3s2)c2ccc(C(F)(F)F)cc2)cc1. The molecule has 0 aliphatic rings. The van der Waals surface area contributed by atoms with Crippen molar-refractivity contribution in [3.05, 3.63) is 88.5 Å². The highest BCUT2D eigenvalue weighted by molar-refractivity contribution is 7.22. The van der Waals surface area contributed by atoms with Crippen LogP contribution >= 0.6 is 11.3 Å². The molecule has 36 heavy (non-hydrogen) atoms. The fourth-order valence-corrected chi connectivity index (χ4v) is 4.36. The fourth-order valence-electron chi connectivity index (χ4n) is 3.44. The van der Waals surface area contributed by atoms with Crippen molar-refractivity contribution in [2.45, 2.75) is 25.5 Å². The number of nitriles is 1. The summed E-state index contributed by atoms with van der Waals surface area (Å²) in [4.78, 5) is 17.6. The number of amides is 1. The molecule has 1 heterocycles. The van der Waals surface area contributed by atoms with Crippen LogP contribution in [0.5, 0.6) is 5.75 Å². The van der Waals surface area contributed by atoms with E-state index in [1.54, 1.807) is 12.1 Å². The van der Waals surface area contributed by atoms with E-state index in [-0.39, 0.29) is 29.7 Å². The van der Waals surface area contributed by atoms with E-state index in [1.807, 2.05) is 6.07 Å². The number of benzene rings is 3. The molecule has 184 valence electrons. The first kappa shape index (κ1) is 25.1. The summed E-state index contributed by atoms with van der Waals surface area (Å²) in [7, 11) is 0. The van der Waals surface area contributed by atoms with Crippen LogP contribution in [0.1, 0.15) is 33.9 Å². The first-order valence-electron chi connectivity index (χ1n) is 10.5. The van der Waals surface area contributed by atoms with Crippen LogP contribution in [0.15, 0.2) is 60.7 Å². The number of aliphatic hydroxyl groups is 2. The van der Waals surface area contributed by atoms with Crippen LogP contribution in [0, 0.1) is 11.3 Å². The van der Waals surface area contributed by atoms with Gasteiger partial charge in [0.15, 0.2) is 5.13 Å². The van der Waals surface area contributed by atoms with Gasteiger partial charge in [0.25, 0.3) is 5.91 Å². The Bertz CT molecular complexity index is 1390. The standard InChI is InChI=1S/C25H18F3N3O4S/c26-25(27,28)18-5-3-15(4-6-18)22(35-19-7-1-14(11-29)2-8-19)23(34)31-24-30-20-9-16(12-32)17(13-33)10-21(20)36-24/h1-10,22,32-33H,12-13H2,(H,30,31,34). The zero-order valence-electron chi connectivity index (χ0n) is 18.4. The number of fused-ring (bicyclic) bond motifs is 1. The molecule has 1 amide bonds. The summed E-state index contributed by atoms with van der Waals surface area (Å²) in [5.74, 6) is -0.443. The molecule has 0 spiro atoms. The van der Waals surface area contributed by atoms with Crippen molar-refractivity contribution >= 4 is 32.6 Å². The highest BCUT2D eigenvalue weighted by Gasteiger charge is 2.31. The molecule has 4 aromatic rings. The Morgan fingerprint density at radius 2 is 1.69 bits per heavy atom. The van der Waals surface area contributed by atoms with Crippen molar-refractivity contribution < 1.29 is 32.9 Å². The smallest absolute Gasteiger partial charge is 0.416 e. The number of thiazole rings is 1. The van der Waals surface area contributed by atoms with E-state index in [4.69, 9.17) is 10.00 Å². The third-order valence-electron chi connectivity index (χ3n) is 5.30. The number of ether oxygens (including phenoxy) is 1. The second kappa shape index (κ2) is 10.3. The Labute approximate surface area is 207 Å². The molecular weight excluding hydrogens is 495 g/mol. The lowest BCUT2D eigenvalue weighted by atomic mass is 10.1. The van der Waals surface area contributed by atoms with Crippen molar-refractivity contribution in [3.8, 4) is 11.8 Å². The number of carbonyl (C=O) groups excluding carboxylic acids is 1. The molecule has 0 saturated heterocycles. The summed E-state index contributed by atoms with van der Waals surface area (Å²) < 4.78 is 45.5. The normalized spacial score (nSPS) is 12.2. The average molecular weight is 513 g/mol. The van der Waals surface area contributed by atoms with Crippen LogP contribution < -0.4 is 10.1 Å². The first-order valence-corrected chi connectivity index (χ1v) is 11.3. The number of anilines is 1. The van der Waals surface area contributed by atoms with Crippen LogP contribution in [-0.4, -0.2) is 21.1 Å². The van der Waals surface area contributed by atoms with Gasteiger partial charge in [-0.05, 0) is 59.7 Å². The predicted octanol–water partition coefficient (Wildman–Crippen LogP) is 4.93. The average Bonchev–Trinajstić information content (AvgIpc) is 3.27. The molecule has 1 atom stereocenters. The number of hydrogen-bond acceptors (Lipinski definition) is 7. The molecule has 0 fully saturated rings. The van der Waals surface area contributed by atoms with Gasteiger partial charge in [0.05, 0.1) is 40.6 Å². The van der Waals surface area contributed by atoms with Gasteiger partial charge in [-0.3, -0.25) is 10.1 Å². The topological polar surface area (TPSA) is 115 Å². The summed E-state index contributed by atoms with van der Waals surface area (Å²) in [6.45, 7) is -0.570. The summed E-state index contributed by atoms with van der Waals surface area (Å²) in [6, 6.07) is 15.2. The van der Waals surface area contributed by atoms with Gasteiger partial charge in [-0.25, -0.2) is 4.98 Å². The minimum Gasteiger partial charge on any atom is -0.476 e. The van der Waals surface area contributed by atoms with Crippen molar-refractivity contribution in [3.63, 3.8) is 0 Å². The Kier molecular flexibility index (Phi) is 7.21. The molecule has 3 aromatic carbocycles. The Morgan fingerprint density at radius 3 is 2.28 bits per heavy atom. The number of hydrogen-bond donors (Lipinski definition) is 3. The minimum atomic E-state index is -4.54. The molecule has 0 aliphatic heterocycles. The van der Waals surface area contributed by atoms with E-state index < -0.39 is 23.8 Å². The number of aromatic nitrogens is 1. The Balaban J connectivity index is 1.65. The molecule has 0 saturated carbocycles. The van der Waals surface area contributed by atoms with Gasteiger partial charge in [0.2, 0.25) is 6.10 Å². The molecular formula is C25H18F3N3O4S. The number of halogens is 3. The summed E-state index contributed by atoms with van der Waals surface area (Å²) in [5.41, 5.74) is 1.20. The van der Waals surface area contributed by atoms with Crippen LogP contribution in [0.25, 0.3) is 10.2 Å². The van der Waals surface area contributed by atoms with E-state index in [1.165, 1.54) is 24.3 Å². The fraction of sp³-hybridized carbons (Fsp3) is 0.160. The monoisotopic (exact) mass is 513 g/mol. The van der Waals surface area contributed by atoms with Crippen LogP contribution in [0.2, 0.25) is 0 Å². The van der Waals surface area contributed by atoms with E-state index in [0.29, 0.717) is 26.9 Å². The molecule has 11 heteroatoms. The lowest BCUT2D eigenvalue weighted by molar-refractivity contribution is -0.137. The molecule has 3 N–H and O–H groups in total. The molecule has 1 aromatic heterocycles. The maximum absolute atomic E-state index is 13.2. The second-order valence-corrected chi connectivity index (χ2v) is 8.70. The predicted molar refractivity (Wildman–Crippen MR) is 126 cm³/mol. The lowest BCUT2D eigenvalue weighted by Crippen LogP contribution is -2.25. The highest BCUT2D eigenvalue weighted by atomic mass is 32.1. The van der Waals surface area contributed by atoms with Crippen molar-refractivity contribution in [1.29, 1.82) is 5.26 Å². The summed E-state index contributed by atoms with van der Waals surface area (Å²) in [5, 5.41) is 30.8. The van der Waals surface area contributed by atoms with E-state index in [2.05, 4.69) is 10.3 Å². The molecule has 0 aliphatic carbocycles. The van der Waals surface area contributed by atoms with Gasteiger partial charge in [-0.15, -0.1) is 0 Å². The summed E-state index contributed by atoms with van der Waals surface area (Å²) >= 11 is 1.13. The van der Waals surface area contributed by atoms with Crippen LogP contribution in [0.3, 0.4) is 0 Å². The van der Waals surface area contributed by atoms with Crippen molar-refractivity contribution in [2.75, 3.05) is 5.32 Å². The number of carbonyl (C=O) groups is 1. The third kappa shape index (κ3) is 5.46. The molecule has 4 rings (SSSR count). The van der Waals surface area contributed by atoms with Gasteiger partial charge >= 0.3 is 6.18 Å². The molecule has 0 radical (unpaired) electrons. The minimum absolute atomic E-state index is 0.177. The number of aliphatic hydroxyl groups excluding tert-OH is 2. The number of rotatable bonds is 7. The third-order valence-corrected chi connectivity index (χ3v) is 6.23. The zero-order chi connectivity index (χ0) is 25.9. The van der Waals surface area contributed by atoms with Crippen LogP contribution in [0.4, 0.5) is 18.3 Å². The Hall–Kier alpha value is -3.98. The molecule has 1 unspecified atom stereocenters. The number of nitrogens with one attached hydrogen (secondary N) is 1. The zero-order valence-corrected chi connectivity index (χ0v) is 19.2. The quantitative estimate of drug-likeness (QED) is 0.323. The maximum atomic E-state index is 13.2. The van der Waals surface area contributed by atoms with E-state index in [9.17, 15) is 28.2 Å². The van der Waals surface area contributed by atoms with E-state index >= 15 is 0 Å². The maximum Gasteiger partial charge on any atom is 0.416 e. The van der Waals surface area contributed by atoms with Gasteiger partial charge < -0.3 is 14.9 Å². The second-order valence-electron chi connectivity index (χ2n) is 7.67. The van der Waals surface area contributed by atoms with Gasteiger partial charge in [-0.1, -0.05) is 23.5 Å². The van der Waals surface area contributed by atoms with Gasteiger partial charge in [-0.2, -0.15) is 18.4 Å². The van der Waals surface area contributed by atoms with Crippen molar-refractivity contribution in [2.24, 2.45) is 0 Å². The summed E-state index contributed by atoms with van der Waals surface area (Å²) in [6.07, 6.45) is -5.86. The lowest BCUT2D eigenvalue weighted by Gasteiger charge is -2.19. The number of alkyl halides is 3. The number of nitrogens with zero attached hydrogens (tertiary/aromatic N) is 2.